The molecule has 1 spiro atoms. The molecule has 4 nitrogen and oxygen atoms in total. The fourth-order valence-electron chi connectivity index (χ4n) is 4.66. The second kappa shape index (κ2) is 6.53. The molecule has 4 heteroatoms. The number of hydrogen-bond donors (Lipinski definition) is 1. The van der Waals surface area contributed by atoms with Crippen LogP contribution in [0.2, 0.25) is 0 Å². The predicted octanol–water partition coefficient (Wildman–Crippen LogP) is 2.67. The van der Waals surface area contributed by atoms with Gasteiger partial charge in [0.15, 0.2) is 0 Å². The van der Waals surface area contributed by atoms with Crippen LogP contribution >= 0.6 is 0 Å². The summed E-state index contributed by atoms with van der Waals surface area (Å²) in [5.41, 5.74) is -0.336. The molecule has 0 bridgehead atoms. The van der Waals surface area contributed by atoms with E-state index in [0.717, 1.165) is 32.3 Å². The monoisotopic (exact) mass is 298 g/mol. The number of aliphatic hydroxyl groups is 1. The Morgan fingerprint density at radius 1 is 1.14 bits per heavy atom. The molecule has 0 aromatic carbocycles. The van der Waals surface area contributed by atoms with Crippen LogP contribution in [0.3, 0.4) is 0 Å². The highest BCUT2D eigenvalue weighted by Crippen LogP contribution is 2.45. The van der Waals surface area contributed by atoms with Gasteiger partial charge in [-0.3, -0.25) is 0 Å². The van der Waals surface area contributed by atoms with Crippen molar-refractivity contribution in [3.8, 4) is 0 Å². The van der Waals surface area contributed by atoms with Crippen LogP contribution in [0.25, 0.3) is 0 Å². The van der Waals surface area contributed by atoms with Crippen molar-refractivity contribution >= 4 is 0 Å². The summed E-state index contributed by atoms with van der Waals surface area (Å²) in [7, 11) is 0. The van der Waals surface area contributed by atoms with Crippen LogP contribution in [0, 0.1) is 5.92 Å². The van der Waals surface area contributed by atoms with E-state index in [1.807, 2.05) is 6.92 Å². The van der Waals surface area contributed by atoms with Gasteiger partial charge in [0.25, 0.3) is 0 Å². The van der Waals surface area contributed by atoms with E-state index in [-0.39, 0.29) is 11.7 Å². The average molecular weight is 298 g/mol. The van der Waals surface area contributed by atoms with Gasteiger partial charge in [-0.05, 0) is 38.5 Å². The van der Waals surface area contributed by atoms with Crippen molar-refractivity contribution in [2.75, 3.05) is 26.4 Å². The minimum Gasteiger partial charge on any atom is -0.390 e. The molecule has 1 saturated carbocycles. The summed E-state index contributed by atoms with van der Waals surface area (Å²) in [4.78, 5) is 0. The molecule has 3 aliphatic rings. The van der Waals surface area contributed by atoms with Gasteiger partial charge in [0, 0.05) is 39.3 Å². The van der Waals surface area contributed by atoms with E-state index < -0.39 is 5.60 Å². The first-order valence-electron chi connectivity index (χ1n) is 8.73. The SMILES string of the molecule is CCOC1(C(O)C2CCOC3(CCCC3)C2)CCOCC1. The Bertz CT molecular complexity index is 326. The van der Waals surface area contributed by atoms with Crippen LogP contribution in [0.5, 0.6) is 0 Å². The van der Waals surface area contributed by atoms with Crippen LogP contribution in [-0.2, 0) is 14.2 Å². The normalized spacial score (nSPS) is 33.1. The first-order valence-corrected chi connectivity index (χ1v) is 8.73. The van der Waals surface area contributed by atoms with Gasteiger partial charge in [-0.1, -0.05) is 12.8 Å². The van der Waals surface area contributed by atoms with Crippen molar-refractivity contribution in [3.63, 3.8) is 0 Å². The van der Waals surface area contributed by atoms with Crippen molar-refractivity contribution in [3.05, 3.63) is 0 Å². The minimum absolute atomic E-state index is 0.0580. The van der Waals surface area contributed by atoms with Gasteiger partial charge in [-0.2, -0.15) is 0 Å². The summed E-state index contributed by atoms with van der Waals surface area (Å²) in [6.07, 6.45) is 8.08. The number of ether oxygens (including phenoxy) is 3. The minimum atomic E-state index is -0.394. The van der Waals surface area contributed by atoms with Crippen LogP contribution in [0.4, 0.5) is 0 Å². The Morgan fingerprint density at radius 3 is 2.52 bits per heavy atom. The molecule has 0 amide bonds. The molecular formula is C17H30O4. The average Bonchev–Trinajstić information content (AvgIpc) is 2.95. The molecule has 1 aliphatic carbocycles. The maximum Gasteiger partial charge on any atom is 0.0986 e. The van der Waals surface area contributed by atoms with Gasteiger partial charge in [0.2, 0.25) is 0 Å². The van der Waals surface area contributed by atoms with E-state index in [0.29, 0.717) is 25.7 Å². The van der Waals surface area contributed by atoms with Crippen molar-refractivity contribution < 1.29 is 19.3 Å². The number of hydrogen-bond acceptors (Lipinski definition) is 4. The van der Waals surface area contributed by atoms with E-state index in [9.17, 15) is 5.11 Å². The van der Waals surface area contributed by atoms with Gasteiger partial charge < -0.3 is 19.3 Å². The summed E-state index contributed by atoms with van der Waals surface area (Å²) >= 11 is 0. The maximum atomic E-state index is 11.1. The summed E-state index contributed by atoms with van der Waals surface area (Å²) < 4.78 is 17.7. The zero-order valence-corrected chi connectivity index (χ0v) is 13.3. The molecule has 2 heterocycles. The maximum absolute atomic E-state index is 11.1. The third-order valence-electron chi connectivity index (χ3n) is 5.80. The van der Waals surface area contributed by atoms with Crippen LogP contribution < -0.4 is 0 Å². The van der Waals surface area contributed by atoms with Gasteiger partial charge >= 0.3 is 0 Å². The van der Waals surface area contributed by atoms with Crippen molar-refractivity contribution in [2.24, 2.45) is 5.92 Å². The molecule has 3 rings (SSSR count). The quantitative estimate of drug-likeness (QED) is 0.867. The molecule has 0 aromatic heterocycles. The van der Waals surface area contributed by atoms with Gasteiger partial charge in [0.1, 0.15) is 0 Å². The summed E-state index contributed by atoms with van der Waals surface area (Å²) in [5.74, 6) is 0.307. The summed E-state index contributed by atoms with van der Waals surface area (Å²) in [5, 5.41) is 11.1. The van der Waals surface area contributed by atoms with Crippen LogP contribution in [0.15, 0.2) is 0 Å². The van der Waals surface area contributed by atoms with E-state index in [1.54, 1.807) is 0 Å². The lowest BCUT2D eigenvalue weighted by Gasteiger charge is -2.47. The molecule has 0 aromatic rings. The Morgan fingerprint density at radius 2 is 1.86 bits per heavy atom. The Kier molecular flexibility index (Phi) is 4.89. The number of rotatable bonds is 4. The zero-order chi connectivity index (χ0) is 14.8. The van der Waals surface area contributed by atoms with Crippen molar-refractivity contribution in [1.29, 1.82) is 0 Å². The van der Waals surface area contributed by atoms with Crippen LogP contribution in [0.1, 0.15) is 58.3 Å². The Hall–Kier alpha value is -0.160. The lowest BCUT2D eigenvalue weighted by Crippen LogP contribution is -2.55. The fourth-order valence-corrected chi connectivity index (χ4v) is 4.66. The third kappa shape index (κ3) is 3.14. The second-order valence-electron chi connectivity index (χ2n) is 7.05. The van der Waals surface area contributed by atoms with E-state index >= 15 is 0 Å². The van der Waals surface area contributed by atoms with Gasteiger partial charge in [-0.15, -0.1) is 0 Å². The standard InChI is InChI=1S/C17H30O4/c1-2-20-17(8-11-19-12-9-17)15(18)14-5-10-21-16(13-14)6-3-4-7-16/h14-15,18H,2-13H2,1H3. The van der Waals surface area contributed by atoms with Crippen LogP contribution in [-0.4, -0.2) is 48.8 Å². The topological polar surface area (TPSA) is 47.9 Å². The highest BCUT2D eigenvalue weighted by atomic mass is 16.5. The fraction of sp³-hybridized carbons (Fsp3) is 1.00. The zero-order valence-electron chi connectivity index (χ0n) is 13.3. The molecule has 21 heavy (non-hydrogen) atoms. The molecule has 2 unspecified atom stereocenters. The summed E-state index contributed by atoms with van der Waals surface area (Å²) in [6.45, 7) is 4.87. The number of aliphatic hydroxyl groups excluding tert-OH is 1. The first-order chi connectivity index (χ1) is 10.2. The van der Waals surface area contributed by atoms with Gasteiger partial charge in [0.05, 0.1) is 17.3 Å². The van der Waals surface area contributed by atoms with Crippen molar-refractivity contribution in [2.45, 2.75) is 75.6 Å². The smallest absolute Gasteiger partial charge is 0.0986 e. The molecule has 3 fully saturated rings. The molecule has 122 valence electrons. The highest BCUT2D eigenvalue weighted by Gasteiger charge is 2.48. The lowest BCUT2D eigenvalue weighted by molar-refractivity contribution is -0.200. The predicted molar refractivity (Wildman–Crippen MR) is 80.3 cm³/mol. The Labute approximate surface area is 128 Å². The third-order valence-corrected chi connectivity index (χ3v) is 5.80. The van der Waals surface area contributed by atoms with E-state index in [1.165, 1.54) is 25.7 Å². The molecular weight excluding hydrogens is 268 g/mol. The van der Waals surface area contributed by atoms with E-state index in [4.69, 9.17) is 14.2 Å². The Balaban J connectivity index is 1.71. The highest BCUT2D eigenvalue weighted by molar-refractivity contribution is 4.99. The summed E-state index contributed by atoms with van der Waals surface area (Å²) in [6, 6.07) is 0. The molecule has 2 atom stereocenters. The molecule has 2 saturated heterocycles. The van der Waals surface area contributed by atoms with Gasteiger partial charge in [-0.25, -0.2) is 0 Å². The molecule has 0 radical (unpaired) electrons. The van der Waals surface area contributed by atoms with Crippen molar-refractivity contribution in [1.82, 2.24) is 0 Å². The largest absolute Gasteiger partial charge is 0.390 e. The molecule has 1 N–H and O–H groups in total. The molecule has 2 aliphatic heterocycles. The first kappa shape index (κ1) is 15.7. The van der Waals surface area contributed by atoms with E-state index in [2.05, 4.69) is 0 Å². The lowest BCUT2D eigenvalue weighted by atomic mass is 9.74. The second-order valence-corrected chi connectivity index (χ2v) is 7.05.